The second-order valence-electron chi connectivity index (χ2n) is 7.18. The van der Waals surface area contributed by atoms with Crippen LogP contribution in [0.5, 0.6) is 0 Å². The topological polar surface area (TPSA) is 142 Å². The summed E-state index contributed by atoms with van der Waals surface area (Å²) in [5.74, 6) is 5.84. The molecule has 166 valence electrons. The Morgan fingerprint density at radius 1 is 1.27 bits per heavy atom. The van der Waals surface area contributed by atoms with E-state index < -0.39 is 27.0 Å². The van der Waals surface area contributed by atoms with Crippen molar-refractivity contribution in [3.05, 3.63) is 47.2 Å². The first-order chi connectivity index (χ1) is 15.8. The minimum Gasteiger partial charge on any atom is -0.350 e. The van der Waals surface area contributed by atoms with Crippen LogP contribution in [0, 0.1) is 23.2 Å². The van der Waals surface area contributed by atoms with E-state index in [1.165, 1.54) is 29.2 Å². The first-order valence-corrected chi connectivity index (χ1v) is 11.7. The highest BCUT2D eigenvalue weighted by Crippen LogP contribution is 2.36. The van der Waals surface area contributed by atoms with Crippen molar-refractivity contribution in [3.63, 3.8) is 0 Å². The average molecular weight is 486 g/mol. The number of nitriles is 1. The lowest BCUT2D eigenvalue weighted by Gasteiger charge is -2.12. The molecule has 4 heterocycles. The molecule has 2 N–H and O–H groups in total. The van der Waals surface area contributed by atoms with Gasteiger partial charge < -0.3 is 4.98 Å². The van der Waals surface area contributed by atoms with Crippen LogP contribution in [0.25, 0.3) is 16.3 Å². The van der Waals surface area contributed by atoms with E-state index in [1.54, 1.807) is 6.20 Å². The van der Waals surface area contributed by atoms with E-state index >= 15 is 0 Å². The number of hydrogen-bond donors (Lipinski definition) is 2. The van der Waals surface area contributed by atoms with Gasteiger partial charge in [-0.25, -0.2) is 27.2 Å². The summed E-state index contributed by atoms with van der Waals surface area (Å²) in [6.07, 6.45) is 3.78. The minimum atomic E-state index is -4.10. The lowest BCUT2D eigenvalue weighted by atomic mass is 10.2. The van der Waals surface area contributed by atoms with Crippen LogP contribution in [0.3, 0.4) is 0 Å². The maximum Gasteiger partial charge on any atom is 0.291 e. The highest BCUT2D eigenvalue weighted by molar-refractivity contribution is 7.89. The first-order valence-electron chi connectivity index (χ1n) is 9.39. The van der Waals surface area contributed by atoms with Gasteiger partial charge in [0, 0.05) is 12.4 Å². The summed E-state index contributed by atoms with van der Waals surface area (Å²) >= 11 is 0.654. The van der Waals surface area contributed by atoms with Crippen molar-refractivity contribution in [2.45, 2.75) is 29.7 Å². The number of nitrogens with one attached hydrogen (secondary N) is 2. The van der Waals surface area contributed by atoms with Gasteiger partial charge in [-0.15, -0.1) is 10.2 Å². The number of aromatic nitrogens is 6. The van der Waals surface area contributed by atoms with Crippen LogP contribution in [0.1, 0.15) is 35.5 Å². The zero-order valence-electron chi connectivity index (χ0n) is 16.5. The van der Waals surface area contributed by atoms with Crippen molar-refractivity contribution in [1.82, 2.24) is 34.3 Å². The van der Waals surface area contributed by atoms with Crippen molar-refractivity contribution in [2.75, 3.05) is 0 Å². The summed E-state index contributed by atoms with van der Waals surface area (Å²) in [6.45, 7) is 0. The Balaban J connectivity index is 1.68. The Hall–Kier alpha value is -3.72. The molecule has 4 aromatic heterocycles. The van der Waals surface area contributed by atoms with Crippen molar-refractivity contribution in [1.29, 1.82) is 5.26 Å². The van der Waals surface area contributed by atoms with Crippen LogP contribution in [-0.2, 0) is 10.0 Å². The van der Waals surface area contributed by atoms with E-state index in [2.05, 4.69) is 41.7 Å². The molecule has 1 saturated carbocycles. The number of alkyl halides is 2. The number of fused-ring (bicyclic) bond motifs is 1. The van der Waals surface area contributed by atoms with E-state index in [0.717, 1.165) is 0 Å². The predicted octanol–water partition coefficient (Wildman–Crippen LogP) is 2.25. The van der Waals surface area contributed by atoms with Gasteiger partial charge >= 0.3 is 0 Å². The van der Waals surface area contributed by atoms with Crippen LogP contribution in [0.15, 0.2) is 35.9 Å². The Morgan fingerprint density at radius 3 is 2.73 bits per heavy atom. The van der Waals surface area contributed by atoms with Gasteiger partial charge in [-0.2, -0.15) is 9.98 Å². The number of nitrogens with zero attached hydrogens (tertiary/aromatic N) is 6. The molecular formula is C19H12F2N8O2S2. The first kappa shape index (κ1) is 21.1. The van der Waals surface area contributed by atoms with Crippen molar-refractivity contribution < 1.29 is 17.2 Å². The van der Waals surface area contributed by atoms with E-state index in [9.17, 15) is 22.5 Å². The second kappa shape index (κ2) is 7.70. The van der Waals surface area contributed by atoms with Gasteiger partial charge in [0.25, 0.3) is 6.43 Å². The van der Waals surface area contributed by atoms with Gasteiger partial charge in [0.1, 0.15) is 11.2 Å². The van der Waals surface area contributed by atoms with Crippen LogP contribution >= 0.6 is 11.3 Å². The summed E-state index contributed by atoms with van der Waals surface area (Å²) in [5.41, 5.74) is 0.0475. The Kier molecular flexibility index (Phi) is 4.93. The molecule has 14 heteroatoms. The van der Waals surface area contributed by atoms with Crippen LogP contribution in [-0.4, -0.2) is 43.5 Å². The molecule has 0 aliphatic heterocycles. The third-order valence-corrected chi connectivity index (χ3v) is 7.29. The van der Waals surface area contributed by atoms with Gasteiger partial charge in [0.2, 0.25) is 10.0 Å². The van der Waals surface area contributed by atoms with Gasteiger partial charge in [0.15, 0.2) is 15.8 Å². The molecule has 0 saturated heterocycles. The standard InChI is InChI=1S/C19H12F2N8O2S2/c20-15(21)17-26-27-18(32-17)16-24-7-14-11(1-2-12-6-23-10-25-12)5-13(8-29(14)16)33(30,31)28-19(9-22)3-4-19/h5-8,10,15,28H,3-4H2,(H,23,25). The Morgan fingerprint density at radius 2 is 2.09 bits per heavy atom. The molecule has 0 radical (unpaired) electrons. The fourth-order valence-electron chi connectivity index (χ4n) is 3.03. The molecule has 4 aromatic rings. The molecule has 0 bridgehead atoms. The zero-order valence-corrected chi connectivity index (χ0v) is 18.1. The summed E-state index contributed by atoms with van der Waals surface area (Å²) < 4.78 is 55.9. The molecule has 33 heavy (non-hydrogen) atoms. The summed E-state index contributed by atoms with van der Waals surface area (Å²) in [6, 6.07) is 3.34. The number of halogens is 2. The second-order valence-corrected chi connectivity index (χ2v) is 9.87. The molecule has 0 spiro atoms. The van der Waals surface area contributed by atoms with E-state index in [0.29, 0.717) is 41.0 Å². The zero-order chi connectivity index (χ0) is 23.2. The maximum atomic E-state index is 13.1. The number of imidazole rings is 2. The van der Waals surface area contributed by atoms with E-state index in [-0.39, 0.29) is 15.7 Å². The van der Waals surface area contributed by atoms with Crippen LogP contribution in [0.2, 0.25) is 0 Å². The fourth-order valence-corrected chi connectivity index (χ4v) is 5.12. The summed E-state index contributed by atoms with van der Waals surface area (Å²) in [7, 11) is -4.10. The molecule has 1 aliphatic rings. The van der Waals surface area contributed by atoms with Gasteiger partial charge in [-0.1, -0.05) is 17.3 Å². The van der Waals surface area contributed by atoms with Crippen molar-refractivity contribution >= 4 is 26.9 Å². The third-order valence-electron chi connectivity index (χ3n) is 4.86. The molecule has 0 unspecified atom stereocenters. The number of pyridine rings is 1. The maximum absolute atomic E-state index is 13.1. The lowest BCUT2D eigenvalue weighted by molar-refractivity contribution is 0.150. The Bertz CT molecular complexity index is 1570. The monoisotopic (exact) mass is 486 g/mol. The van der Waals surface area contributed by atoms with E-state index in [1.807, 2.05) is 6.07 Å². The largest absolute Gasteiger partial charge is 0.350 e. The minimum absolute atomic E-state index is 0.0923. The summed E-state index contributed by atoms with van der Waals surface area (Å²) in [4.78, 5) is 10.9. The number of H-pyrrole nitrogens is 1. The molecule has 10 nitrogen and oxygen atoms in total. The number of sulfonamides is 1. The smallest absolute Gasteiger partial charge is 0.291 e. The molecular weight excluding hydrogens is 474 g/mol. The van der Waals surface area contributed by atoms with Gasteiger partial charge in [-0.05, 0) is 24.8 Å². The number of rotatable bonds is 5. The highest BCUT2D eigenvalue weighted by Gasteiger charge is 2.47. The lowest BCUT2D eigenvalue weighted by Crippen LogP contribution is -2.35. The van der Waals surface area contributed by atoms with E-state index in [4.69, 9.17) is 0 Å². The van der Waals surface area contributed by atoms with Crippen LogP contribution in [0.4, 0.5) is 8.78 Å². The van der Waals surface area contributed by atoms with Gasteiger partial charge in [0.05, 0.1) is 34.6 Å². The Labute approximate surface area is 189 Å². The van der Waals surface area contributed by atoms with Crippen LogP contribution < -0.4 is 4.72 Å². The van der Waals surface area contributed by atoms with Crippen molar-refractivity contribution in [2.24, 2.45) is 0 Å². The quantitative estimate of drug-likeness (QED) is 0.412. The number of aromatic amines is 1. The SMILES string of the molecule is N#CC1(NS(=O)(=O)c2cc(C#Cc3c[nH]cn3)c3cnc(-c4nnc(C(F)F)s4)n3c2)CC1. The number of hydrogen-bond acceptors (Lipinski definition) is 8. The van der Waals surface area contributed by atoms with Crippen molar-refractivity contribution in [3.8, 4) is 28.7 Å². The molecule has 0 atom stereocenters. The average Bonchev–Trinajstić information content (AvgIpc) is 3.22. The molecule has 0 aromatic carbocycles. The molecule has 1 fully saturated rings. The molecule has 1 aliphatic carbocycles. The fraction of sp³-hybridized carbons (Fsp3) is 0.211. The normalized spacial score (nSPS) is 14.7. The summed E-state index contributed by atoms with van der Waals surface area (Å²) in [5, 5.41) is 16.1. The highest BCUT2D eigenvalue weighted by atomic mass is 32.2. The van der Waals surface area contributed by atoms with Gasteiger partial charge in [-0.3, -0.25) is 4.40 Å². The predicted molar refractivity (Wildman–Crippen MR) is 112 cm³/mol. The molecule has 5 rings (SSSR count). The molecule has 0 amide bonds. The third kappa shape index (κ3) is 3.95.